The van der Waals surface area contributed by atoms with Crippen LogP contribution in [0.5, 0.6) is 0 Å². The van der Waals surface area contributed by atoms with Crippen molar-refractivity contribution in [2.75, 3.05) is 5.32 Å². The number of nitrogens with one attached hydrogen (secondary N) is 1. The van der Waals surface area contributed by atoms with E-state index in [9.17, 15) is 0 Å². The minimum atomic E-state index is -0.209. The molecule has 0 saturated carbocycles. The zero-order chi connectivity index (χ0) is 15.2. The molecule has 6 heteroatoms. The molecule has 1 atom stereocenters. The summed E-state index contributed by atoms with van der Waals surface area (Å²) in [6.45, 7) is 0. The number of oxime groups is 1. The smallest absolute Gasteiger partial charge is 0.141 e. The lowest BCUT2D eigenvalue weighted by molar-refractivity contribution is 0.316. The van der Waals surface area contributed by atoms with E-state index in [2.05, 4.69) is 10.5 Å². The van der Waals surface area contributed by atoms with Crippen LogP contribution in [0.4, 0.5) is 5.69 Å². The molecule has 0 aliphatic heterocycles. The van der Waals surface area contributed by atoms with Crippen molar-refractivity contribution in [3.63, 3.8) is 0 Å². The van der Waals surface area contributed by atoms with Crippen LogP contribution in [-0.2, 0) is 0 Å². The Morgan fingerprint density at radius 3 is 2.29 bits per heavy atom. The van der Waals surface area contributed by atoms with Crippen LogP contribution in [0.25, 0.3) is 0 Å². The van der Waals surface area contributed by atoms with Crippen molar-refractivity contribution in [2.24, 2.45) is 10.9 Å². The Hall–Kier alpha value is -1.91. The molecule has 2 rings (SSSR count). The normalized spacial score (nSPS) is 13.0. The monoisotopic (exact) mass is 323 g/mol. The van der Waals surface area contributed by atoms with E-state index in [0.29, 0.717) is 22.2 Å². The van der Waals surface area contributed by atoms with Gasteiger partial charge in [0.15, 0.2) is 0 Å². The molecule has 0 amide bonds. The molecule has 2 aromatic carbocycles. The van der Waals surface area contributed by atoms with E-state index in [4.69, 9.17) is 34.1 Å². The van der Waals surface area contributed by atoms with E-state index in [0.717, 1.165) is 5.56 Å². The van der Waals surface area contributed by atoms with Gasteiger partial charge in [-0.3, -0.25) is 0 Å². The highest BCUT2D eigenvalue weighted by molar-refractivity contribution is 6.39. The lowest BCUT2D eigenvalue weighted by Gasteiger charge is -2.21. The molecule has 4 nitrogen and oxygen atoms in total. The van der Waals surface area contributed by atoms with E-state index in [-0.39, 0.29) is 11.9 Å². The number of hydrogen-bond donors (Lipinski definition) is 3. The molecule has 21 heavy (non-hydrogen) atoms. The Balaban J connectivity index is 2.32. The van der Waals surface area contributed by atoms with Crippen LogP contribution < -0.4 is 11.1 Å². The first-order valence-corrected chi connectivity index (χ1v) is 7.09. The predicted octanol–water partition coefficient (Wildman–Crippen LogP) is 4.28. The van der Waals surface area contributed by atoms with E-state index >= 15 is 0 Å². The van der Waals surface area contributed by atoms with Crippen LogP contribution >= 0.6 is 23.2 Å². The van der Waals surface area contributed by atoms with Crippen molar-refractivity contribution in [3.8, 4) is 0 Å². The summed E-state index contributed by atoms with van der Waals surface area (Å²) in [7, 11) is 0. The van der Waals surface area contributed by atoms with Gasteiger partial charge in [0.25, 0.3) is 0 Å². The van der Waals surface area contributed by atoms with Crippen LogP contribution in [0, 0.1) is 0 Å². The summed E-state index contributed by atoms with van der Waals surface area (Å²) < 4.78 is 0. The highest BCUT2D eigenvalue weighted by atomic mass is 35.5. The minimum Gasteiger partial charge on any atom is -0.409 e. The fraction of sp³-hybridized carbons (Fsp3) is 0.133. The largest absolute Gasteiger partial charge is 0.409 e. The molecule has 0 bridgehead atoms. The van der Waals surface area contributed by atoms with Crippen molar-refractivity contribution in [1.82, 2.24) is 0 Å². The van der Waals surface area contributed by atoms with Crippen molar-refractivity contribution in [1.29, 1.82) is 0 Å². The summed E-state index contributed by atoms with van der Waals surface area (Å²) in [5, 5.41) is 16.1. The third-order valence-electron chi connectivity index (χ3n) is 3.02. The fourth-order valence-corrected chi connectivity index (χ4v) is 2.50. The Morgan fingerprint density at radius 1 is 1.10 bits per heavy atom. The van der Waals surface area contributed by atoms with Gasteiger partial charge in [-0.2, -0.15) is 0 Å². The molecule has 4 N–H and O–H groups in total. The van der Waals surface area contributed by atoms with Crippen molar-refractivity contribution >= 4 is 34.7 Å². The summed E-state index contributed by atoms with van der Waals surface area (Å²) in [5.74, 6) is 0.125. The molecular formula is C15H15Cl2N3O. The number of amidine groups is 1. The molecule has 0 aromatic heterocycles. The molecule has 0 radical (unpaired) electrons. The molecule has 110 valence electrons. The zero-order valence-corrected chi connectivity index (χ0v) is 12.6. The third kappa shape index (κ3) is 4.03. The highest BCUT2D eigenvalue weighted by Crippen LogP contribution is 2.33. The van der Waals surface area contributed by atoms with Gasteiger partial charge in [0.2, 0.25) is 0 Å². The standard InChI is InChI=1S/C15H15Cl2N3O/c16-11-7-4-8-12(17)15(11)19-13(9-14(18)20-21)10-5-2-1-3-6-10/h1-8,13,19,21H,9H2,(H2,18,20). The second kappa shape index (κ2) is 7.20. The first-order valence-electron chi connectivity index (χ1n) is 6.33. The Morgan fingerprint density at radius 2 is 1.71 bits per heavy atom. The number of para-hydroxylation sites is 1. The van der Waals surface area contributed by atoms with E-state index in [1.54, 1.807) is 18.2 Å². The van der Waals surface area contributed by atoms with E-state index < -0.39 is 0 Å². The van der Waals surface area contributed by atoms with E-state index in [1.165, 1.54) is 0 Å². The molecule has 0 spiro atoms. The molecule has 1 unspecified atom stereocenters. The van der Waals surface area contributed by atoms with Gasteiger partial charge in [0, 0.05) is 6.42 Å². The zero-order valence-electron chi connectivity index (χ0n) is 11.1. The first-order chi connectivity index (χ1) is 10.1. The number of nitrogens with two attached hydrogens (primary N) is 1. The van der Waals surface area contributed by atoms with Gasteiger partial charge in [-0.25, -0.2) is 0 Å². The Kier molecular flexibility index (Phi) is 5.31. The third-order valence-corrected chi connectivity index (χ3v) is 3.65. The quantitative estimate of drug-likeness (QED) is 0.333. The lowest BCUT2D eigenvalue weighted by Crippen LogP contribution is -2.21. The molecule has 0 heterocycles. The molecule has 2 aromatic rings. The number of halogens is 2. The number of benzene rings is 2. The summed E-state index contributed by atoms with van der Waals surface area (Å²) in [6.07, 6.45) is 0.321. The van der Waals surface area contributed by atoms with Gasteiger partial charge in [0.1, 0.15) is 5.84 Å². The predicted molar refractivity (Wildman–Crippen MR) is 87.3 cm³/mol. The highest BCUT2D eigenvalue weighted by Gasteiger charge is 2.16. The van der Waals surface area contributed by atoms with Crippen LogP contribution in [0.2, 0.25) is 10.0 Å². The van der Waals surface area contributed by atoms with Crippen molar-refractivity contribution in [2.45, 2.75) is 12.5 Å². The summed E-state index contributed by atoms with van der Waals surface area (Å²) >= 11 is 12.3. The number of anilines is 1. The summed E-state index contributed by atoms with van der Waals surface area (Å²) in [6, 6.07) is 14.7. The molecule has 0 fully saturated rings. The summed E-state index contributed by atoms with van der Waals surface area (Å²) in [5.41, 5.74) is 7.25. The lowest BCUT2D eigenvalue weighted by atomic mass is 10.0. The fourth-order valence-electron chi connectivity index (χ4n) is 2.00. The average molecular weight is 324 g/mol. The number of nitrogens with zero attached hydrogens (tertiary/aromatic N) is 1. The van der Waals surface area contributed by atoms with Gasteiger partial charge >= 0.3 is 0 Å². The van der Waals surface area contributed by atoms with Gasteiger partial charge in [-0.1, -0.05) is 64.8 Å². The summed E-state index contributed by atoms with van der Waals surface area (Å²) in [4.78, 5) is 0. The minimum absolute atomic E-state index is 0.125. The maximum atomic E-state index is 8.79. The van der Waals surface area contributed by atoms with Crippen LogP contribution in [0.1, 0.15) is 18.0 Å². The van der Waals surface area contributed by atoms with Crippen molar-refractivity contribution in [3.05, 3.63) is 64.1 Å². The SMILES string of the molecule is NC(CC(Nc1c(Cl)cccc1Cl)c1ccccc1)=NO. The topological polar surface area (TPSA) is 70.6 Å². The van der Waals surface area contributed by atoms with Crippen LogP contribution in [0.15, 0.2) is 53.7 Å². The van der Waals surface area contributed by atoms with Gasteiger partial charge in [0.05, 0.1) is 21.8 Å². The molecule has 0 aliphatic rings. The maximum Gasteiger partial charge on any atom is 0.141 e. The van der Waals surface area contributed by atoms with Crippen molar-refractivity contribution < 1.29 is 5.21 Å². The first kappa shape index (κ1) is 15.5. The average Bonchev–Trinajstić information content (AvgIpc) is 2.50. The number of hydrogen-bond acceptors (Lipinski definition) is 3. The van der Waals surface area contributed by atoms with Crippen LogP contribution in [0.3, 0.4) is 0 Å². The van der Waals surface area contributed by atoms with Gasteiger partial charge in [-0.15, -0.1) is 0 Å². The van der Waals surface area contributed by atoms with E-state index in [1.807, 2.05) is 30.3 Å². The maximum absolute atomic E-state index is 8.79. The Labute approximate surface area is 133 Å². The second-order valence-corrected chi connectivity index (χ2v) is 5.31. The van der Waals surface area contributed by atoms with Crippen LogP contribution in [-0.4, -0.2) is 11.0 Å². The molecular weight excluding hydrogens is 309 g/mol. The molecule has 0 aliphatic carbocycles. The van der Waals surface area contributed by atoms with Gasteiger partial charge < -0.3 is 16.3 Å². The number of rotatable bonds is 5. The Bertz CT molecular complexity index is 612. The molecule has 0 saturated heterocycles. The van der Waals surface area contributed by atoms with Gasteiger partial charge in [-0.05, 0) is 17.7 Å². The second-order valence-electron chi connectivity index (χ2n) is 4.50.